The third kappa shape index (κ3) is 13.6. The zero-order valence-electron chi connectivity index (χ0n) is 31.9. The summed E-state index contributed by atoms with van der Waals surface area (Å²) in [5.41, 5.74) is 0.993. The molecule has 0 saturated carbocycles. The van der Waals surface area contributed by atoms with Crippen molar-refractivity contribution in [3.63, 3.8) is 0 Å². The van der Waals surface area contributed by atoms with Gasteiger partial charge in [-0.2, -0.15) is 0 Å². The second-order valence-electron chi connectivity index (χ2n) is 13.7. The molecule has 10 nitrogen and oxygen atoms in total. The Labute approximate surface area is 299 Å². The Morgan fingerprint density at radius 2 is 1.14 bits per heavy atom. The van der Waals surface area contributed by atoms with E-state index in [1.165, 1.54) is 18.6 Å². The number of benzene rings is 2. The third-order valence-electron chi connectivity index (χ3n) is 8.08. The molecule has 2 atom stereocenters. The standard InChI is InChI=1S/C40H58N2O8/c1-11-13-15-17-19-29(7)47-35-26-34(42(45)46)38(50-40(44)28(5)6)24-31(35)21-22-32-23-37(48-30(8)20-18-16-14-12-2)33(41(9)10)25-36(32)49-39(43)27(3)4/h23-30H,11-20H2,1-10H3. The number of ether oxygens (including phenoxy) is 4. The predicted molar refractivity (Wildman–Crippen MR) is 198 cm³/mol. The van der Waals surface area contributed by atoms with Gasteiger partial charge in [-0.05, 0) is 39.5 Å². The van der Waals surface area contributed by atoms with Gasteiger partial charge in [-0.1, -0.05) is 91.9 Å². The van der Waals surface area contributed by atoms with Gasteiger partial charge in [0, 0.05) is 32.3 Å². The summed E-state index contributed by atoms with van der Waals surface area (Å²) in [6, 6.07) is 6.13. The fourth-order valence-electron chi connectivity index (χ4n) is 5.00. The van der Waals surface area contributed by atoms with Gasteiger partial charge in [0.1, 0.15) is 17.2 Å². The van der Waals surface area contributed by atoms with Gasteiger partial charge in [0.25, 0.3) is 0 Å². The van der Waals surface area contributed by atoms with Crippen LogP contribution in [0.3, 0.4) is 0 Å². The van der Waals surface area contributed by atoms with Crippen LogP contribution in [-0.2, 0) is 9.59 Å². The average molecular weight is 695 g/mol. The van der Waals surface area contributed by atoms with Crippen molar-refractivity contribution in [1.82, 2.24) is 0 Å². The van der Waals surface area contributed by atoms with Crippen LogP contribution in [-0.4, -0.2) is 43.2 Å². The fraction of sp³-hybridized carbons (Fsp3) is 0.600. The molecule has 276 valence electrons. The Balaban J connectivity index is 2.74. The Bertz CT molecular complexity index is 1490. The minimum absolute atomic E-state index is 0.0675. The second-order valence-corrected chi connectivity index (χ2v) is 13.7. The van der Waals surface area contributed by atoms with E-state index in [9.17, 15) is 19.7 Å². The fourth-order valence-corrected chi connectivity index (χ4v) is 5.00. The van der Waals surface area contributed by atoms with E-state index in [0.29, 0.717) is 11.3 Å². The molecule has 10 heteroatoms. The zero-order valence-corrected chi connectivity index (χ0v) is 31.9. The molecule has 0 aliphatic rings. The van der Waals surface area contributed by atoms with Crippen LogP contribution in [0, 0.1) is 33.8 Å². The summed E-state index contributed by atoms with van der Waals surface area (Å²) < 4.78 is 24.0. The van der Waals surface area contributed by atoms with Crippen LogP contribution in [0.25, 0.3) is 0 Å². The number of nitro benzene ring substituents is 1. The first kappa shape index (κ1) is 41.9. The number of carbonyl (C=O) groups is 2. The van der Waals surface area contributed by atoms with Crippen LogP contribution < -0.4 is 23.8 Å². The summed E-state index contributed by atoms with van der Waals surface area (Å²) in [4.78, 5) is 38.8. The first-order valence-corrected chi connectivity index (χ1v) is 18.1. The summed E-state index contributed by atoms with van der Waals surface area (Å²) >= 11 is 0. The van der Waals surface area contributed by atoms with Gasteiger partial charge >= 0.3 is 17.6 Å². The first-order valence-electron chi connectivity index (χ1n) is 18.1. The number of rotatable bonds is 20. The zero-order chi connectivity index (χ0) is 37.4. The molecule has 2 aromatic carbocycles. The third-order valence-corrected chi connectivity index (χ3v) is 8.08. The van der Waals surface area contributed by atoms with Gasteiger partial charge in [0.2, 0.25) is 5.75 Å². The maximum absolute atomic E-state index is 12.8. The quantitative estimate of drug-likeness (QED) is 0.0333. The van der Waals surface area contributed by atoms with E-state index in [0.717, 1.165) is 63.5 Å². The highest BCUT2D eigenvalue weighted by Crippen LogP contribution is 2.38. The van der Waals surface area contributed by atoms with Crippen LogP contribution in [0.15, 0.2) is 24.3 Å². The van der Waals surface area contributed by atoms with Crippen molar-refractivity contribution in [2.75, 3.05) is 19.0 Å². The van der Waals surface area contributed by atoms with Crippen molar-refractivity contribution in [3.8, 4) is 34.8 Å². The smallest absolute Gasteiger partial charge is 0.315 e. The molecule has 0 aliphatic carbocycles. The molecule has 0 bridgehead atoms. The Morgan fingerprint density at radius 1 is 0.680 bits per heavy atom. The van der Waals surface area contributed by atoms with Crippen molar-refractivity contribution in [1.29, 1.82) is 0 Å². The van der Waals surface area contributed by atoms with Crippen molar-refractivity contribution in [2.45, 2.75) is 132 Å². The van der Waals surface area contributed by atoms with Crippen molar-refractivity contribution >= 4 is 23.3 Å². The van der Waals surface area contributed by atoms with Gasteiger partial charge in [-0.25, -0.2) is 0 Å². The molecule has 0 aromatic heterocycles. The Hall–Kier alpha value is -4.26. The Morgan fingerprint density at radius 3 is 1.60 bits per heavy atom. The molecule has 2 rings (SSSR count). The van der Waals surface area contributed by atoms with Crippen molar-refractivity contribution < 1.29 is 33.5 Å². The van der Waals surface area contributed by atoms with Gasteiger partial charge in [-0.3, -0.25) is 19.7 Å². The molecule has 0 saturated heterocycles. The summed E-state index contributed by atoms with van der Waals surface area (Å²) in [7, 11) is 3.77. The van der Waals surface area contributed by atoms with E-state index in [-0.39, 0.29) is 40.9 Å². The molecule has 0 N–H and O–H groups in total. The molecule has 0 heterocycles. The van der Waals surface area contributed by atoms with Crippen LogP contribution >= 0.6 is 0 Å². The molecule has 0 radical (unpaired) electrons. The molecule has 0 amide bonds. The molecule has 2 aromatic rings. The highest BCUT2D eigenvalue weighted by Gasteiger charge is 2.25. The van der Waals surface area contributed by atoms with Crippen LogP contribution in [0.1, 0.15) is 131 Å². The minimum atomic E-state index is -0.613. The van der Waals surface area contributed by atoms with Gasteiger partial charge in [0.15, 0.2) is 0 Å². The van der Waals surface area contributed by atoms with Crippen LogP contribution in [0.4, 0.5) is 11.4 Å². The van der Waals surface area contributed by atoms with Crippen molar-refractivity contribution in [3.05, 3.63) is 45.5 Å². The van der Waals surface area contributed by atoms with Crippen LogP contribution in [0.5, 0.6) is 23.0 Å². The maximum atomic E-state index is 12.8. The maximum Gasteiger partial charge on any atom is 0.315 e. The van der Waals surface area contributed by atoms with E-state index in [1.54, 1.807) is 39.8 Å². The number of carbonyl (C=O) groups excluding carboxylic acids is 2. The van der Waals surface area contributed by atoms with Gasteiger partial charge in [0.05, 0.1) is 51.8 Å². The van der Waals surface area contributed by atoms with E-state index in [4.69, 9.17) is 18.9 Å². The lowest BCUT2D eigenvalue weighted by Crippen LogP contribution is -2.18. The molecular formula is C40H58N2O8. The molecule has 2 unspecified atom stereocenters. The van der Waals surface area contributed by atoms with E-state index < -0.39 is 28.5 Å². The predicted octanol–water partition coefficient (Wildman–Crippen LogP) is 9.66. The second kappa shape index (κ2) is 21.1. The van der Waals surface area contributed by atoms with E-state index >= 15 is 0 Å². The molecule has 0 aliphatic heterocycles. The lowest BCUT2D eigenvalue weighted by molar-refractivity contribution is -0.385. The average Bonchev–Trinajstić information content (AvgIpc) is 3.05. The largest absolute Gasteiger partial charge is 0.489 e. The molecule has 0 spiro atoms. The number of nitro groups is 1. The lowest BCUT2D eigenvalue weighted by Gasteiger charge is -2.23. The van der Waals surface area contributed by atoms with Gasteiger partial charge < -0.3 is 23.8 Å². The SMILES string of the molecule is CCCCCCC(C)Oc1cc([N+](=O)[O-])c(OC(=O)C(C)C)cc1C#Cc1cc(OC(C)CCCCCC)c(N(C)C)cc1OC(=O)C(C)C. The summed E-state index contributed by atoms with van der Waals surface area (Å²) in [5, 5.41) is 12.1. The summed E-state index contributed by atoms with van der Waals surface area (Å²) in [5.74, 6) is 5.09. The number of hydrogen-bond donors (Lipinski definition) is 0. The normalized spacial score (nSPS) is 12.2. The van der Waals surface area contributed by atoms with E-state index in [2.05, 4.69) is 25.7 Å². The number of anilines is 1. The number of unbranched alkanes of at least 4 members (excludes halogenated alkanes) is 6. The summed E-state index contributed by atoms with van der Waals surface area (Å²) in [6.07, 6.45) is 10.1. The van der Waals surface area contributed by atoms with Crippen molar-refractivity contribution in [2.24, 2.45) is 11.8 Å². The topological polar surface area (TPSA) is 117 Å². The molecule has 50 heavy (non-hydrogen) atoms. The minimum Gasteiger partial charge on any atom is -0.489 e. The van der Waals surface area contributed by atoms with Gasteiger partial charge in [-0.15, -0.1) is 0 Å². The first-order chi connectivity index (χ1) is 23.7. The van der Waals surface area contributed by atoms with Crippen LogP contribution in [0.2, 0.25) is 0 Å². The number of hydrogen-bond acceptors (Lipinski definition) is 9. The highest BCUT2D eigenvalue weighted by atomic mass is 16.6. The number of nitrogens with zero attached hydrogens (tertiary/aromatic N) is 2. The molecular weight excluding hydrogens is 636 g/mol. The lowest BCUT2D eigenvalue weighted by atomic mass is 10.1. The highest BCUT2D eigenvalue weighted by molar-refractivity contribution is 5.78. The summed E-state index contributed by atoms with van der Waals surface area (Å²) in [6.45, 7) is 15.1. The monoisotopic (exact) mass is 694 g/mol. The molecule has 0 fully saturated rings. The number of esters is 2. The van der Waals surface area contributed by atoms with E-state index in [1.807, 2.05) is 32.8 Å². The Kier molecular flexibility index (Phi) is 17.7.